The highest BCUT2D eigenvalue weighted by Gasteiger charge is 1.58. The first kappa shape index (κ1) is 5.34. The van der Waals surface area contributed by atoms with Crippen LogP contribution in [0.25, 0.3) is 0 Å². The number of nitroso groups, excluding NO2 is 1. The van der Waals surface area contributed by atoms with E-state index >= 15 is 0 Å². The van der Waals surface area contributed by atoms with E-state index in [0.717, 1.165) is 6.42 Å². The molecule has 6 heavy (non-hydrogen) atoms. The van der Waals surface area contributed by atoms with Crippen LogP contribution in [0.2, 0.25) is 0 Å². The summed E-state index contributed by atoms with van der Waals surface area (Å²) in [4.78, 5) is 9.23. The van der Waals surface area contributed by atoms with Crippen LogP contribution in [0, 0.1) is 4.91 Å². The van der Waals surface area contributed by atoms with Crippen LogP contribution < -0.4 is 0 Å². The molecule has 0 fully saturated rings. The van der Waals surface area contributed by atoms with Crippen LogP contribution in [0.3, 0.4) is 0 Å². The minimum Gasteiger partial charge on any atom is -0.145 e. The Kier molecular flexibility index (Phi) is 3.86. The van der Waals surface area contributed by atoms with E-state index in [0.29, 0.717) is 0 Å². The lowest BCUT2D eigenvalue weighted by atomic mass is 10.5. The maximum absolute atomic E-state index is 9.23. The van der Waals surface area contributed by atoms with Crippen LogP contribution >= 0.6 is 0 Å². The largest absolute Gasteiger partial charge is 0.145 e. The highest BCUT2D eigenvalue weighted by Crippen LogP contribution is 1.76. The Hall–Kier alpha value is -0.660. The zero-order valence-corrected chi connectivity index (χ0v) is 3.72. The highest BCUT2D eigenvalue weighted by atomic mass is 16.2. The Morgan fingerprint density at radius 3 is 2.67 bits per heavy atom. The number of allylic oxidation sites excluding steroid dienone is 1. The fourth-order valence-corrected chi connectivity index (χ4v) is 0.148. The van der Waals surface area contributed by atoms with Crippen molar-refractivity contribution < 1.29 is 0 Å². The first-order chi connectivity index (χ1) is 2.91. The van der Waals surface area contributed by atoms with Crippen LogP contribution in [0.4, 0.5) is 0 Å². The van der Waals surface area contributed by atoms with E-state index in [1.165, 1.54) is 6.20 Å². The topological polar surface area (TPSA) is 29.4 Å². The Labute approximate surface area is 36.8 Å². The van der Waals surface area contributed by atoms with Gasteiger partial charge in [0.1, 0.15) is 0 Å². The van der Waals surface area contributed by atoms with Crippen molar-refractivity contribution in [3.05, 3.63) is 17.2 Å². The lowest BCUT2D eigenvalue weighted by Crippen LogP contribution is -1.46. The van der Waals surface area contributed by atoms with E-state index < -0.39 is 0 Å². The van der Waals surface area contributed by atoms with Gasteiger partial charge in [-0.2, -0.15) is 0 Å². The van der Waals surface area contributed by atoms with Crippen molar-refractivity contribution >= 4 is 0 Å². The van der Waals surface area contributed by atoms with Crippen molar-refractivity contribution in [1.82, 2.24) is 0 Å². The molecule has 2 heteroatoms. The van der Waals surface area contributed by atoms with Gasteiger partial charge in [0.25, 0.3) is 0 Å². The van der Waals surface area contributed by atoms with Crippen LogP contribution in [0.1, 0.15) is 13.3 Å². The molecule has 0 aliphatic carbocycles. The number of nitrogens with zero attached hydrogens (tertiary/aromatic N) is 1. The Balaban J connectivity index is 2.94. The van der Waals surface area contributed by atoms with Gasteiger partial charge in [0.15, 0.2) is 0 Å². The first-order valence-corrected chi connectivity index (χ1v) is 1.89. The van der Waals surface area contributed by atoms with Gasteiger partial charge < -0.3 is 0 Å². The quantitative estimate of drug-likeness (QED) is 0.469. The lowest BCUT2D eigenvalue weighted by Gasteiger charge is -1.64. The third kappa shape index (κ3) is 3.34. The second kappa shape index (κ2) is 4.34. The Bertz CT molecular complexity index is 58.6. The summed E-state index contributed by atoms with van der Waals surface area (Å²) in [5.41, 5.74) is 0. The second-order valence-electron chi connectivity index (χ2n) is 0.898. The molecule has 0 aromatic carbocycles. The maximum atomic E-state index is 9.23. The zero-order chi connectivity index (χ0) is 4.83. The second-order valence-corrected chi connectivity index (χ2v) is 0.898. The smallest absolute Gasteiger partial charge is 0.0674 e. The molecule has 0 aromatic heterocycles. The van der Waals surface area contributed by atoms with Crippen molar-refractivity contribution in [2.45, 2.75) is 13.3 Å². The van der Waals surface area contributed by atoms with Crippen molar-refractivity contribution in [2.24, 2.45) is 5.18 Å². The van der Waals surface area contributed by atoms with E-state index in [2.05, 4.69) is 5.18 Å². The molecule has 0 atom stereocenters. The van der Waals surface area contributed by atoms with Gasteiger partial charge in [-0.15, -0.1) is 4.91 Å². The molecule has 0 rings (SSSR count). The lowest BCUT2D eigenvalue weighted by molar-refractivity contribution is 1.21. The third-order valence-electron chi connectivity index (χ3n) is 0.402. The van der Waals surface area contributed by atoms with Crippen molar-refractivity contribution in [3.8, 4) is 0 Å². The minimum atomic E-state index is 0.881. The van der Waals surface area contributed by atoms with E-state index in [4.69, 9.17) is 0 Å². The third-order valence-corrected chi connectivity index (χ3v) is 0.402. The van der Waals surface area contributed by atoms with Gasteiger partial charge in [0.05, 0.1) is 6.20 Å². The molecule has 34 valence electrons. The number of hydrogen-bond acceptors (Lipinski definition) is 2. The molecular weight excluding hydrogens is 78.0 g/mol. The molecule has 0 saturated heterocycles. The molecule has 0 unspecified atom stereocenters. The maximum Gasteiger partial charge on any atom is 0.0674 e. The minimum absolute atomic E-state index is 0.881. The summed E-state index contributed by atoms with van der Waals surface area (Å²) in [6, 6.07) is 0. The van der Waals surface area contributed by atoms with Crippen LogP contribution in [-0.4, -0.2) is 0 Å². The molecule has 0 spiro atoms. The fourth-order valence-electron chi connectivity index (χ4n) is 0.148. The van der Waals surface area contributed by atoms with Crippen molar-refractivity contribution in [2.75, 3.05) is 0 Å². The normalized spacial score (nSPS) is 9.50. The fraction of sp³-hybridized carbons (Fsp3) is 0.500. The molecule has 0 N–H and O–H groups in total. The standard InChI is InChI=1S/C4H7NO/c1-2-3-4-5-6/h3-4H,2H2,1H3/b4-3+. The average Bonchev–Trinajstić information content (AvgIpc) is 1.61. The molecule has 0 amide bonds. The zero-order valence-electron chi connectivity index (χ0n) is 3.72. The molecular formula is C4H7NO. The summed E-state index contributed by atoms with van der Waals surface area (Å²) in [6.45, 7) is 1.95. The average molecular weight is 85.1 g/mol. The molecule has 0 heterocycles. The van der Waals surface area contributed by atoms with Gasteiger partial charge >= 0.3 is 0 Å². The number of hydrogen-bond donors (Lipinski definition) is 0. The first-order valence-electron chi connectivity index (χ1n) is 1.89. The van der Waals surface area contributed by atoms with E-state index in [1.54, 1.807) is 6.08 Å². The van der Waals surface area contributed by atoms with E-state index in [-0.39, 0.29) is 0 Å². The van der Waals surface area contributed by atoms with Crippen LogP contribution in [-0.2, 0) is 0 Å². The SMILES string of the molecule is CC/C=C/N=O. The summed E-state index contributed by atoms with van der Waals surface area (Å²) in [6.07, 6.45) is 3.83. The molecule has 0 aliphatic rings. The summed E-state index contributed by atoms with van der Waals surface area (Å²) >= 11 is 0. The van der Waals surface area contributed by atoms with E-state index in [1.807, 2.05) is 6.92 Å². The molecule has 0 bridgehead atoms. The monoisotopic (exact) mass is 85.1 g/mol. The van der Waals surface area contributed by atoms with Crippen LogP contribution in [0.15, 0.2) is 17.5 Å². The van der Waals surface area contributed by atoms with Gasteiger partial charge in [0, 0.05) is 0 Å². The van der Waals surface area contributed by atoms with Gasteiger partial charge in [0.2, 0.25) is 0 Å². The molecule has 0 aromatic rings. The summed E-state index contributed by atoms with van der Waals surface area (Å²) in [7, 11) is 0. The summed E-state index contributed by atoms with van der Waals surface area (Å²) in [5.74, 6) is 0. The van der Waals surface area contributed by atoms with Crippen molar-refractivity contribution in [1.29, 1.82) is 0 Å². The predicted molar refractivity (Wildman–Crippen MR) is 25.2 cm³/mol. The van der Waals surface area contributed by atoms with Crippen molar-refractivity contribution in [3.63, 3.8) is 0 Å². The summed E-state index contributed by atoms with van der Waals surface area (Å²) in [5, 5.41) is 2.49. The molecule has 0 radical (unpaired) electrons. The molecule has 0 aliphatic heterocycles. The summed E-state index contributed by atoms with van der Waals surface area (Å²) < 4.78 is 0. The van der Waals surface area contributed by atoms with Crippen LogP contribution in [0.5, 0.6) is 0 Å². The van der Waals surface area contributed by atoms with Gasteiger partial charge in [-0.25, -0.2) is 0 Å². The van der Waals surface area contributed by atoms with Gasteiger partial charge in [-0.3, -0.25) is 0 Å². The number of rotatable bonds is 2. The van der Waals surface area contributed by atoms with E-state index in [9.17, 15) is 4.91 Å². The Morgan fingerprint density at radius 2 is 2.50 bits per heavy atom. The molecule has 0 saturated carbocycles. The van der Waals surface area contributed by atoms with Gasteiger partial charge in [-0.1, -0.05) is 13.0 Å². The Morgan fingerprint density at radius 1 is 1.83 bits per heavy atom. The van der Waals surface area contributed by atoms with Gasteiger partial charge in [-0.05, 0) is 11.6 Å². The molecule has 2 nitrogen and oxygen atoms in total. The predicted octanol–water partition coefficient (Wildman–Crippen LogP) is 1.68. The highest BCUT2D eigenvalue weighted by molar-refractivity contribution is 4.75.